The van der Waals surface area contributed by atoms with Crippen LogP contribution >= 0.6 is 22.7 Å². The molecule has 0 amide bonds. The molecule has 2 rings (SSSR count). The van der Waals surface area contributed by atoms with Crippen molar-refractivity contribution in [1.29, 1.82) is 0 Å². The van der Waals surface area contributed by atoms with Crippen LogP contribution in [0.2, 0.25) is 0 Å². The molecule has 0 radical (unpaired) electrons. The highest BCUT2D eigenvalue weighted by atomic mass is 32.2. The van der Waals surface area contributed by atoms with Gasteiger partial charge in [-0.3, -0.25) is 0 Å². The van der Waals surface area contributed by atoms with Crippen LogP contribution in [-0.4, -0.2) is 24.5 Å². The van der Waals surface area contributed by atoms with E-state index in [0.717, 1.165) is 16.2 Å². The normalized spacial score (nSPS) is 11.7. The molecule has 2 aromatic rings. The second kappa shape index (κ2) is 5.60. The van der Waals surface area contributed by atoms with E-state index in [1.54, 1.807) is 13.1 Å². The van der Waals surface area contributed by atoms with Crippen molar-refractivity contribution in [1.82, 2.24) is 9.71 Å². The highest BCUT2D eigenvalue weighted by Crippen LogP contribution is 2.26. The number of aromatic carboxylic acids is 1. The summed E-state index contributed by atoms with van der Waals surface area (Å²) in [6, 6.07) is 1.36. The number of aromatic nitrogens is 1. The van der Waals surface area contributed by atoms with Crippen molar-refractivity contribution in [3.8, 4) is 0 Å². The Kier molecular flexibility index (Phi) is 4.23. The summed E-state index contributed by atoms with van der Waals surface area (Å²) in [6.07, 6.45) is 1.67. The summed E-state index contributed by atoms with van der Waals surface area (Å²) in [5, 5.41) is 9.61. The molecule has 0 atom stereocenters. The molecule has 0 saturated carbocycles. The number of carboxylic acid groups (broad SMARTS) is 1. The SMILES string of the molecule is Cc1cnc(CNS(=O)(=O)c2cc(C)c(C(=O)O)s2)s1. The van der Waals surface area contributed by atoms with Crippen molar-refractivity contribution in [2.45, 2.75) is 24.6 Å². The predicted octanol–water partition coefficient (Wildman–Crippen LogP) is 2.00. The summed E-state index contributed by atoms with van der Waals surface area (Å²) in [5.41, 5.74) is 0.438. The largest absolute Gasteiger partial charge is 0.477 e. The van der Waals surface area contributed by atoms with Crippen LogP contribution in [0.5, 0.6) is 0 Å². The molecule has 0 aliphatic carbocycles. The summed E-state index contributed by atoms with van der Waals surface area (Å²) in [5.74, 6) is -1.12. The van der Waals surface area contributed by atoms with Crippen LogP contribution in [0, 0.1) is 13.8 Å². The van der Waals surface area contributed by atoms with Gasteiger partial charge in [0.25, 0.3) is 0 Å². The van der Waals surface area contributed by atoms with Crippen molar-refractivity contribution in [2.24, 2.45) is 0 Å². The van der Waals surface area contributed by atoms with Crippen molar-refractivity contribution >= 4 is 38.7 Å². The van der Waals surface area contributed by atoms with E-state index in [4.69, 9.17) is 5.11 Å². The summed E-state index contributed by atoms with van der Waals surface area (Å²) in [7, 11) is -3.71. The third-order valence-corrected chi connectivity index (χ3v) is 6.45. The molecule has 0 fully saturated rings. The van der Waals surface area contributed by atoms with Gasteiger partial charge in [-0.2, -0.15) is 0 Å². The van der Waals surface area contributed by atoms with Crippen LogP contribution in [0.15, 0.2) is 16.5 Å². The number of thiazole rings is 1. The van der Waals surface area contributed by atoms with Gasteiger partial charge in [-0.25, -0.2) is 22.9 Å². The Morgan fingerprint density at radius 1 is 1.40 bits per heavy atom. The van der Waals surface area contributed by atoms with Gasteiger partial charge in [0.1, 0.15) is 14.1 Å². The molecule has 0 spiro atoms. The lowest BCUT2D eigenvalue weighted by Gasteiger charge is -2.01. The van der Waals surface area contributed by atoms with Crippen LogP contribution < -0.4 is 4.72 Å². The first kappa shape index (κ1) is 15.1. The standard InChI is InChI=1S/C11H12N2O4S3/c1-6-3-9(19-10(6)11(14)15)20(16,17)13-5-8-12-4-7(2)18-8/h3-4,13H,5H2,1-2H3,(H,14,15). The molecule has 0 bridgehead atoms. The van der Waals surface area contributed by atoms with Crippen molar-refractivity contribution in [2.75, 3.05) is 0 Å². The quantitative estimate of drug-likeness (QED) is 0.873. The number of hydrogen-bond acceptors (Lipinski definition) is 6. The van der Waals surface area contributed by atoms with Crippen LogP contribution in [0.25, 0.3) is 0 Å². The minimum Gasteiger partial charge on any atom is -0.477 e. The molecule has 2 heterocycles. The molecule has 0 unspecified atom stereocenters. The van der Waals surface area contributed by atoms with Crippen molar-refractivity contribution in [3.05, 3.63) is 32.6 Å². The first-order valence-corrected chi connectivity index (χ1v) is 8.66. The molecule has 2 N–H and O–H groups in total. The molecule has 20 heavy (non-hydrogen) atoms. The maximum Gasteiger partial charge on any atom is 0.346 e. The smallest absolute Gasteiger partial charge is 0.346 e. The van der Waals surface area contributed by atoms with Gasteiger partial charge in [-0.15, -0.1) is 22.7 Å². The van der Waals surface area contributed by atoms with Gasteiger partial charge in [0.15, 0.2) is 0 Å². The fraction of sp³-hybridized carbons (Fsp3) is 0.273. The van der Waals surface area contributed by atoms with Gasteiger partial charge >= 0.3 is 5.97 Å². The first-order valence-electron chi connectivity index (χ1n) is 5.54. The maximum atomic E-state index is 12.1. The molecule has 108 valence electrons. The lowest BCUT2D eigenvalue weighted by atomic mass is 10.3. The number of nitrogens with one attached hydrogen (secondary N) is 1. The number of thiophene rings is 1. The second-order valence-electron chi connectivity index (χ2n) is 4.07. The molecule has 0 saturated heterocycles. The lowest BCUT2D eigenvalue weighted by molar-refractivity contribution is 0.0701. The number of hydrogen-bond donors (Lipinski definition) is 2. The molecule has 0 aromatic carbocycles. The van der Waals surface area contributed by atoms with E-state index >= 15 is 0 Å². The van der Waals surface area contributed by atoms with E-state index in [1.807, 2.05) is 6.92 Å². The van der Waals surface area contributed by atoms with Gasteiger partial charge in [0.2, 0.25) is 10.0 Å². The average Bonchev–Trinajstić information content (AvgIpc) is 2.93. The summed E-state index contributed by atoms with van der Waals surface area (Å²) >= 11 is 2.16. The number of carboxylic acids is 1. The predicted molar refractivity (Wildman–Crippen MR) is 76.9 cm³/mol. The average molecular weight is 332 g/mol. The molecule has 6 nitrogen and oxygen atoms in total. The minimum atomic E-state index is -3.71. The van der Waals surface area contributed by atoms with Crippen LogP contribution in [0.4, 0.5) is 0 Å². The second-order valence-corrected chi connectivity index (χ2v) is 8.44. The molecular formula is C11H12N2O4S3. The van der Waals surface area contributed by atoms with Gasteiger partial charge in [-0.1, -0.05) is 0 Å². The topological polar surface area (TPSA) is 96.4 Å². The third-order valence-electron chi connectivity index (χ3n) is 2.44. The zero-order valence-electron chi connectivity index (χ0n) is 10.7. The van der Waals surface area contributed by atoms with Crippen LogP contribution in [0.3, 0.4) is 0 Å². The van der Waals surface area contributed by atoms with E-state index in [0.29, 0.717) is 10.6 Å². The summed E-state index contributed by atoms with van der Waals surface area (Å²) < 4.78 is 26.6. The monoisotopic (exact) mass is 332 g/mol. The fourth-order valence-corrected chi connectivity index (χ4v) is 4.74. The minimum absolute atomic E-state index is 0.000628. The highest BCUT2D eigenvalue weighted by molar-refractivity contribution is 7.91. The zero-order valence-corrected chi connectivity index (χ0v) is 13.2. The highest BCUT2D eigenvalue weighted by Gasteiger charge is 2.21. The zero-order chi connectivity index (χ0) is 14.9. The number of carbonyl (C=O) groups is 1. The Balaban J connectivity index is 2.18. The number of nitrogens with zero attached hydrogens (tertiary/aromatic N) is 1. The number of aryl methyl sites for hydroxylation is 2. The molecule has 2 aromatic heterocycles. The number of rotatable bonds is 5. The van der Waals surface area contributed by atoms with Crippen molar-refractivity contribution in [3.63, 3.8) is 0 Å². The van der Waals surface area contributed by atoms with Gasteiger partial charge in [0.05, 0.1) is 6.54 Å². The third kappa shape index (κ3) is 3.23. The van der Waals surface area contributed by atoms with E-state index in [2.05, 4.69) is 9.71 Å². The van der Waals surface area contributed by atoms with Crippen LogP contribution in [0.1, 0.15) is 25.1 Å². The Labute approximate surface area is 124 Å². The Morgan fingerprint density at radius 3 is 2.60 bits per heavy atom. The summed E-state index contributed by atoms with van der Waals surface area (Å²) in [6.45, 7) is 3.56. The van der Waals surface area contributed by atoms with E-state index in [1.165, 1.54) is 17.4 Å². The van der Waals surface area contributed by atoms with Gasteiger partial charge in [-0.05, 0) is 25.5 Å². The van der Waals surface area contributed by atoms with Gasteiger partial charge in [0, 0.05) is 11.1 Å². The molecular weight excluding hydrogens is 320 g/mol. The number of sulfonamides is 1. The van der Waals surface area contributed by atoms with E-state index in [-0.39, 0.29) is 15.6 Å². The Bertz CT molecular complexity index is 746. The van der Waals surface area contributed by atoms with Gasteiger partial charge < -0.3 is 5.11 Å². The first-order chi connectivity index (χ1) is 9.29. The maximum absolute atomic E-state index is 12.1. The molecule has 9 heteroatoms. The Morgan fingerprint density at radius 2 is 2.10 bits per heavy atom. The van der Waals surface area contributed by atoms with E-state index < -0.39 is 16.0 Å². The molecule has 0 aliphatic rings. The fourth-order valence-electron chi connectivity index (χ4n) is 1.51. The van der Waals surface area contributed by atoms with Crippen molar-refractivity contribution < 1.29 is 18.3 Å². The molecule has 0 aliphatic heterocycles. The van der Waals surface area contributed by atoms with Crippen LogP contribution in [-0.2, 0) is 16.6 Å². The van der Waals surface area contributed by atoms with E-state index in [9.17, 15) is 13.2 Å². The Hall–Kier alpha value is -1.29. The lowest BCUT2D eigenvalue weighted by Crippen LogP contribution is -2.22. The summed E-state index contributed by atoms with van der Waals surface area (Å²) in [4.78, 5) is 16.0.